The molecule has 0 aliphatic carbocycles. The fourth-order valence-corrected chi connectivity index (χ4v) is 1.71. The molecule has 0 saturated carbocycles. The third-order valence-electron chi connectivity index (χ3n) is 3.10. The monoisotopic (exact) mass is 300 g/mol. The lowest BCUT2D eigenvalue weighted by atomic mass is 10.1. The number of carbonyl (C=O) groups excluding carboxylic acids is 1. The van der Waals surface area contributed by atoms with Crippen LogP contribution < -0.4 is 11.3 Å². The molecule has 0 heterocycles. The Balaban J connectivity index is 3.15. The van der Waals surface area contributed by atoms with Crippen LogP contribution in [0.25, 0.3) is 0 Å². The van der Waals surface area contributed by atoms with Crippen molar-refractivity contribution in [2.24, 2.45) is 5.84 Å². The molecule has 8 heteroatoms. The zero-order valence-electron chi connectivity index (χ0n) is 11.5. The fourth-order valence-electron chi connectivity index (χ4n) is 1.71. The predicted molar refractivity (Wildman–Crippen MR) is 71.0 cm³/mol. The van der Waals surface area contributed by atoms with Gasteiger partial charge in [-0.25, -0.2) is 0 Å². The van der Waals surface area contributed by atoms with Gasteiger partial charge in [0.05, 0.1) is 23.7 Å². The number of alkyl halides is 3. The molecular weight excluding hydrogens is 285 g/mol. The molecule has 114 valence electrons. The molecule has 3 N–H and O–H groups in total. The van der Waals surface area contributed by atoms with Crippen molar-refractivity contribution in [2.45, 2.75) is 25.6 Å². The second-order valence-electron chi connectivity index (χ2n) is 4.53. The van der Waals surface area contributed by atoms with Crippen molar-refractivity contribution < 1.29 is 18.0 Å². The molecule has 0 aliphatic heterocycles. The minimum Gasteiger partial charge on any atom is -0.338 e. The van der Waals surface area contributed by atoms with Crippen LogP contribution in [-0.4, -0.2) is 23.9 Å². The number of benzene rings is 1. The molecule has 0 aliphatic rings. The zero-order valence-corrected chi connectivity index (χ0v) is 11.5. The van der Waals surface area contributed by atoms with Gasteiger partial charge < -0.3 is 10.3 Å². The number of hydrogen-bond donors (Lipinski definition) is 2. The van der Waals surface area contributed by atoms with Crippen LogP contribution in [0.1, 0.15) is 29.3 Å². The van der Waals surface area contributed by atoms with E-state index in [1.807, 2.05) is 11.5 Å². The number of nitrogen functional groups attached to an aromatic ring is 1. The summed E-state index contributed by atoms with van der Waals surface area (Å²) in [5.41, 5.74) is 0.506. The Morgan fingerprint density at radius 2 is 2.14 bits per heavy atom. The summed E-state index contributed by atoms with van der Waals surface area (Å²) < 4.78 is 38.7. The summed E-state index contributed by atoms with van der Waals surface area (Å²) in [7, 11) is 1.44. The summed E-state index contributed by atoms with van der Waals surface area (Å²) >= 11 is 0. The molecule has 0 saturated heterocycles. The van der Waals surface area contributed by atoms with Gasteiger partial charge in [-0.15, -0.1) is 0 Å². The van der Waals surface area contributed by atoms with E-state index >= 15 is 0 Å². The van der Waals surface area contributed by atoms with E-state index < -0.39 is 23.7 Å². The Morgan fingerprint density at radius 1 is 1.52 bits per heavy atom. The van der Waals surface area contributed by atoms with E-state index in [1.54, 1.807) is 6.92 Å². The van der Waals surface area contributed by atoms with Crippen molar-refractivity contribution in [3.05, 3.63) is 29.3 Å². The van der Waals surface area contributed by atoms with E-state index in [0.717, 1.165) is 12.1 Å². The molecule has 5 nitrogen and oxygen atoms in total. The van der Waals surface area contributed by atoms with Gasteiger partial charge >= 0.3 is 6.18 Å². The van der Waals surface area contributed by atoms with Crippen LogP contribution in [0.15, 0.2) is 18.2 Å². The lowest BCUT2D eigenvalue weighted by molar-refractivity contribution is -0.137. The highest BCUT2D eigenvalue weighted by Crippen LogP contribution is 2.35. The first-order chi connectivity index (χ1) is 9.72. The summed E-state index contributed by atoms with van der Waals surface area (Å²) in [6.45, 7) is 1.64. The highest BCUT2D eigenvalue weighted by atomic mass is 19.4. The van der Waals surface area contributed by atoms with Gasteiger partial charge in [-0.2, -0.15) is 18.4 Å². The van der Waals surface area contributed by atoms with Gasteiger partial charge in [-0.1, -0.05) is 0 Å². The SMILES string of the molecule is CC(CC#N)N(C)C(=O)c1ccc(NN)c(C(F)(F)F)c1. The maximum atomic E-state index is 12.9. The van der Waals surface area contributed by atoms with E-state index in [2.05, 4.69) is 0 Å². The van der Waals surface area contributed by atoms with Crippen LogP contribution in [-0.2, 0) is 6.18 Å². The number of halogens is 3. The number of nitrogens with one attached hydrogen (secondary N) is 1. The van der Waals surface area contributed by atoms with Crippen molar-refractivity contribution in [2.75, 3.05) is 12.5 Å². The first-order valence-electron chi connectivity index (χ1n) is 6.04. The second kappa shape index (κ2) is 6.45. The molecular formula is C13H15F3N4O. The van der Waals surface area contributed by atoms with Crippen molar-refractivity contribution >= 4 is 11.6 Å². The molecule has 0 aromatic heterocycles. The van der Waals surface area contributed by atoms with Crippen molar-refractivity contribution in [1.82, 2.24) is 4.90 Å². The highest BCUT2D eigenvalue weighted by molar-refractivity contribution is 5.95. The second-order valence-corrected chi connectivity index (χ2v) is 4.53. The van der Waals surface area contributed by atoms with Crippen molar-refractivity contribution in [1.29, 1.82) is 5.26 Å². The molecule has 1 amide bonds. The smallest absolute Gasteiger partial charge is 0.338 e. The Morgan fingerprint density at radius 3 is 2.62 bits per heavy atom. The molecule has 0 bridgehead atoms. The van der Waals surface area contributed by atoms with Gasteiger partial charge in [-0.3, -0.25) is 10.6 Å². The predicted octanol–water partition coefficient (Wildman–Crippen LogP) is 2.37. The number of nitriles is 1. The Labute approximate surface area is 120 Å². The molecule has 0 spiro atoms. The Bertz CT molecular complexity index is 566. The number of anilines is 1. The topological polar surface area (TPSA) is 82.2 Å². The van der Waals surface area contributed by atoms with Gasteiger partial charge in [0, 0.05) is 18.7 Å². The Kier molecular flexibility index (Phi) is 5.16. The summed E-state index contributed by atoms with van der Waals surface area (Å²) in [6.07, 6.45) is -4.54. The minimum atomic E-state index is -4.63. The Hall–Kier alpha value is -2.27. The first kappa shape index (κ1) is 16.8. The van der Waals surface area contributed by atoms with Crippen LogP contribution in [0.3, 0.4) is 0 Å². The average Bonchev–Trinajstić information content (AvgIpc) is 2.44. The lowest BCUT2D eigenvalue weighted by Gasteiger charge is -2.23. The molecule has 0 radical (unpaired) electrons. The number of hydrazine groups is 1. The minimum absolute atomic E-state index is 0.0941. The molecule has 1 rings (SSSR count). The van der Waals surface area contributed by atoms with E-state index in [4.69, 9.17) is 11.1 Å². The van der Waals surface area contributed by atoms with Crippen LogP contribution in [0.2, 0.25) is 0 Å². The first-order valence-corrected chi connectivity index (χ1v) is 6.04. The van der Waals surface area contributed by atoms with Crippen LogP contribution >= 0.6 is 0 Å². The van der Waals surface area contributed by atoms with Gasteiger partial charge in [-0.05, 0) is 25.1 Å². The van der Waals surface area contributed by atoms with Crippen molar-refractivity contribution in [3.63, 3.8) is 0 Å². The summed E-state index contributed by atoms with van der Waals surface area (Å²) in [5.74, 6) is 4.45. The number of rotatable bonds is 4. The molecule has 1 aromatic rings. The highest BCUT2D eigenvalue weighted by Gasteiger charge is 2.34. The number of nitrogens with zero attached hydrogens (tertiary/aromatic N) is 2. The molecule has 21 heavy (non-hydrogen) atoms. The van der Waals surface area contributed by atoms with E-state index in [-0.39, 0.29) is 17.7 Å². The normalized spacial score (nSPS) is 12.4. The van der Waals surface area contributed by atoms with Gasteiger partial charge in [0.2, 0.25) is 0 Å². The van der Waals surface area contributed by atoms with Crippen molar-refractivity contribution in [3.8, 4) is 6.07 Å². The summed E-state index contributed by atoms with van der Waals surface area (Å²) in [4.78, 5) is 13.4. The molecule has 0 fully saturated rings. The number of hydrogen-bond acceptors (Lipinski definition) is 4. The molecule has 1 atom stereocenters. The van der Waals surface area contributed by atoms with Crippen LogP contribution in [0, 0.1) is 11.3 Å². The van der Waals surface area contributed by atoms with Gasteiger partial charge in [0.1, 0.15) is 0 Å². The molecule has 1 unspecified atom stereocenters. The summed E-state index contributed by atoms with van der Waals surface area (Å²) in [6, 6.07) is 4.60. The fraction of sp³-hybridized carbons (Fsp3) is 0.385. The van der Waals surface area contributed by atoms with E-state index in [0.29, 0.717) is 0 Å². The summed E-state index contributed by atoms with van der Waals surface area (Å²) in [5, 5.41) is 8.60. The van der Waals surface area contributed by atoms with Crippen LogP contribution in [0.5, 0.6) is 0 Å². The number of carbonyl (C=O) groups is 1. The van der Waals surface area contributed by atoms with Crippen LogP contribution in [0.4, 0.5) is 18.9 Å². The largest absolute Gasteiger partial charge is 0.418 e. The van der Waals surface area contributed by atoms with Gasteiger partial charge in [0.25, 0.3) is 5.91 Å². The average molecular weight is 300 g/mol. The quantitative estimate of drug-likeness (QED) is 0.660. The number of nitrogens with two attached hydrogens (primary N) is 1. The van der Waals surface area contributed by atoms with Gasteiger partial charge in [0.15, 0.2) is 0 Å². The maximum absolute atomic E-state index is 12.9. The molecule has 1 aromatic carbocycles. The third-order valence-corrected chi connectivity index (χ3v) is 3.10. The van der Waals surface area contributed by atoms with E-state index in [9.17, 15) is 18.0 Å². The van der Waals surface area contributed by atoms with E-state index in [1.165, 1.54) is 18.0 Å². The third kappa shape index (κ3) is 3.86. The zero-order chi connectivity index (χ0) is 16.2. The standard InChI is InChI=1S/C13H15F3N4O/c1-8(5-6-17)20(2)12(21)9-3-4-11(19-18)10(7-9)13(14,15)16/h3-4,7-8,19H,5,18H2,1-2H3. The maximum Gasteiger partial charge on any atom is 0.418 e. The lowest BCUT2D eigenvalue weighted by Crippen LogP contribution is -2.35. The number of amides is 1.